The molecule has 2 heterocycles. The average molecular weight is 522 g/mol. The van der Waals surface area contributed by atoms with Gasteiger partial charge in [0.2, 0.25) is 0 Å². The summed E-state index contributed by atoms with van der Waals surface area (Å²) in [5.41, 5.74) is 0.282. The lowest BCUT2D eigenvalue weighted by atomic mass is 9.73. The van der Waals surface area contributed by atoms with Crippen molar-refractivity contribution in [3.8, 4) is 0 Å². The summed E-state index contributed by atoms with van der Waals surface area (Å²) in [6, 6.07) is 4.52. The fourth-order valence-corrected chi connectivity index (χ4v) is 5.44. The van der Waals surface area contributed by atoms with E-state index in [4.69, 9.17) is 9.47 Å². The molecule has 7 heteroatoms. The fourth-order valence-electron chi connectivity index (χ4n) is 4.45. The van der Waals surface area contributed by atoms with Gasteiger partial charge in [0.25, 0.3) is 0 Å². The van der Waals surface area contributed by atoms with Crippen molar-refractivity contribution in [2.24, 2.45) is 10.9 Å². The molecule has 1 N–H and O–H groups in total. The van der Waals surface area contributed by atoms with Crippen LogP contribution in [-0.2, 0) is 14.9 Å². The number of thiophene rings is 1. The average Bonchev–Trinajstić information content (AvgIpc) is 3.39. The second kappa shape index (κ2) is 12.3. The zero-order valence-corrected chi connectivity index (χ0v) is 20.5. The molecule has 2 fully saturated rings. The summed E-state index contributed by atoms with van der Waals surface area (Å²) in [4.78, 5) is 8.52. The molecule has 28 heavy (non-hydrogen) atoms. The number of hydrogen-bond donors (Lipinski definition) is 1. The third kappa shape index (κ3) is 6.31. The second-order valence-corrected chi connectivity index (χ2v) is 8.84. The molecule has 1 saturated carbocycles. The Morgan fingerprint density at radius 3 is 2.82 bits per heavy atom. The van der Waals surface area contributed by atoms with Gasteiger partial charge in [0.1, 0.15) is 0 Å². The summed E-state index contributed by atoms with van der Waals surface area (Å²) >= 11 is 1.91. The molecule has 1 aliphatic carbocycles. The van der Waals surface area contributed by atoms with E-state index in [1.165, 1.54) is 43.4 Å². The molecule has 0 amide bonds. The molecular formula is C21H36IN3O2S. The van der Waals surface area contributed by atoms with Gasteiger partial charge in [-0.15, -0.1) is 35.3 Å². The quantitative estimate of drug-likeness (QED) is 0.242. The van der Waals surface area contributed by atoms with Crippen LogP contribution in [0.5, 0.6) is 0 Å². The van der Waals surface area contributed by atoms with Gasteiger partial charge in [-0.2, -0.15) is 0 Å². The number of aliphatic imine (C=N–C) groups is 1. The first kappa shape index (κ1) is 23.9. The number of likely N-dealkylation sites (tertiary alicyclic amines) is 1. The van der Waals surface area contributed by atoms with Crippen molar-refractivity contribution in [1.29, 1.82) is 0 Å². The van der Waals surface area contributed by atoms with Crippen molar-refractivity contribution < 1.29 is 9.47 Å². The lowest BCUT2D eigenvalue weighted by Gasteiger charge is -2.38. The first-order valence-corrected chi connectivity index (χ1v) is 11.2. The Balaban J connectivity index is 0.00000280. The Bertz CT molecular complexity index is 576. The summed E-state index contributed by atoms with van der Waals surface area (Å²) < 4.78 is 10.8. The van der Waals surface area contributed by atoms with E-state index in [0.29, 0.717) is 19.1 Å². The molecule has 0 bridgehead atoms. The third-order valence-electron chi connectivity index (χ3n) is 6.02. The number of rotatable bonds is 8. The van der Waals surface area contributed by atoms with Gasteiger partial charge in [-0.1, -0.05) is 25.3 Å². The van der Waals surface area contributed by atoms with E-state index >= 15 is 0 Å². The lowest BCUT2D eigenvalue weighted by Crippen LogP contribution is -2.47. The van der Waals surface area contributed by atoms with Gasteiger partial charge in [-0.25, -0.2) is 0 Å². The maximum Gasteiger partial charge on any atom is 0.193 e. The van der Waals surface area contributed by atoms with E-state index < -0.39 is 0 Å². The van der Waals surface area contributed by atoms with E-state index in [1.807, 2.05) is 18.4 Å². The summed E-state index contributed by atoms with van der Waals surface area (Å²) in [5, 5.41) is 5.95. The van der Waals surface area contributed by atoms with Crippen LogP contribution in [0, 0.1) is 5.92 Å². The molecule has 0 aromatic carbocycles. The van der Waals surface area contributed by atoms with Crippen LogP contribution in [0.1, 0.15) is 43.4 Å². The van der Waals surface area contributed by atoms with Gasteiger partial charge in [0.15, 0.2) is 5.96 Å². The number of hydrogen-bond acceptors (Lipinski definition) is 4. The third-order valence-corrected chi connectivity index (χ3v) is 7.14. The molecular weight excluding hydrogens is 485 g/mol. The Hall–Kier alpha value is -0.380. The van der Waals surface area contributed by atoms with E-state index in [2.05, 4.69) is 32.7 Å². The van der Waals surface area contributed by atoms with Crippen LogP contribution >= 0.6 is 35.3 Å². The maximum absolute atomic E-state index is 5.73. The summed E-state index contributed by atoms with van der Waals surface area (Å²) in [5.74, 6) is 1.64. The van der Waals surface area contributed by atoms with Crippen LogP contribution in [0.2, 0.25) is 0 Å². The number of methoxy groups -OCH3 is 1. The van der Waals surface area contributed by atoms with Crippen LogP contribution in [-0.4, -0.2) is 64.5 Å². The first-order chi connectivity index (χ1) is 13.3. The fraction of sp³-hybridized carbons (Fsp3) is 0.762. The van der Waals surface area contributed by atoms with Crippen LogP contribution < -0.4 is 5.32 Å². The minimum absolute atomic E-state index is 0. The van der Waals surface area contributed by atoms with Gasteiger partial charge in [0.05, 0.1) is 19.8 Å². The van der Waals surface area contributed by atoms with Gasteiger partial charge >= 0.3 is 0 Å². The van der Waals surface area contributed by atoms with Gasteiger partial charge < -0.3 is 19.7 Å². The van der Waals surface area contributed by atoms with E-state index in [1.54, 1.807) is 7.11 Å². The van der Waals surface area contributed by atoms with Crippen LogP contribution in [0.3, 0.4) is 0 Å². The Kier molecular flexibility index (Phi) is 10.5. The molecule has 3 rings (SSSR count). The predicted molar refractivity (Wildman–Crippen MR) is 128 cm³/mol. The molecule has 1 saturated heterocycles. The van der Waals surface area contributed by atoms with Crippen molar-refractivity contribution in [2.45, 2.75) is 43.9 Å². The molecule has 1 aliphatic heterocycles. The minimum Gasteiger partial charge on any atom is -0.382 e. The molecule has 160 valence electrons. The number of guanidine groups is 1. The monoisotopic (exact) mass is 521 g/mol. The number of nitrogens with one attached hydrogen (secondary N) is 1. The smallest absolute Gasteiger partial charge is 0.193 e. The van der Waals surface area contributed by atoms with Gasteiger partial charge in [0, 0.05) is 50.0 Å². The molecule has 1 unspecified atom stereocenters. The van der Waals surface area contributed by atoms with E-state index in [9.17, 15) is 0 Å². The standard InChI is InChI=1S/C21H35N3O2S.HI/c1-22-20(24-11-8-18(15-24)16-26-13-12-25-2)23-17-21(9-4-3-5-10-21)19-7-6-14-27-19;/h6-7,14,18H,3-5,8-13,15-17H2,1-2H3,(H,22,23);1H. The Labute approximate surface area is 191 Å². The Morgan fingerprint density at radius 2 is 2.14 bits per heavy atom. The van der Waals surface area contributed by atoms with Crippen molar-refractivity contribution in [1.82, 2.24) is 10.2 Å². The minimum atomic E-state index is 0. The topological polar surface area (TPSA) is 46.1 Å². The summed E-state index contributed by atoms with van der Waals surface area (Å²) in [6.07, 6.45) is 7.79. The van der Waals surface area contributed by atoms with Gasteiger partial charge in [-0.3, -0.25) is 4.99 Å². The highest BCUT2D eigenvalue weighted by Crippen LogP contribution is 2.41. The molecule has 1 aromatic heterocycles. The second-order valence-electron chi connectivity index (χ2n) is 7.89. The Morgan fingerprint density at radius 1 is 1.32 bits per heavy atom. The van der Waals surface area contributed by atoms with Crippen molar-refractivity contribution in [2.75, 3.05) is 53.6 Å². The highest BCUT2D eigenvalue weighted by Gasteiger charge is 2.35. The van der Waals surface area contributed by atoms with Crippen molar-refractivity contribution >= 4 is 41.3 Å². The molecule has 0 radical (unpaired) electrons. The number of halogens is 1. The molecule has 1 aromatic rings. The zero-order chi connectivity index (χ0) is 19.0. The largest absolute Gasteiger partial charge is 0.382 e. The van der Waals surface area contributed by atoms with Gasteiger partial charge in [-0.05, 0) is 30.7 Å². The van der Waals surface area contributed by atoms with Crippen molar-refractivity contribution in [3.05, 3.63) is 22.4 Å². The highest BCUT2D eigenvalue weighted by atomic mass is 127. The van der Waals surface area contributed by atoms with Crippen molar-refractivity contribution in [3.63, 3.8) is 0 Å². The normalized spacial score (nSPS) is 22.1. The first-order valence-electron chi connectivity index (χ1n) is 10.3. The molecule has 5 nitrogen and oxygen atoms in total. The summed E-state index contributed by atoms with van der Waals surface area (Å²) in [6.45, 7) is 5.25. The SMILES string of the molecule is CN=C(NCC1(c2cccs2)CCCCC1)N1CCC(COCCOC)C1.I. The molecule has 1 atom stereocenters. The van der Waals surface area contributed by atoms with E-state index in [0.717, 1.165) is 32.2 Å². The number of ether oxygens (including phenoxy) is 2. The molecule has 0 spiro atoms. The predicted octanol–water partition coefficient (Wildman–Crippen LogP) is 4.13. The lowest BCUT2D eigenvalue weighted by molar-refractivity contribution is 0.0536. The van der Waals surface area contributed by atoms with Crippen LogP contribution in [0.4, 0.5) is 0 Å². The highest BCUT2D eigenvalue weighted by molar-refractivity contribution is 14.0. The van der Waals surface area contributed by atoms with Crippen LogP contribution in [0.25, 0.3) is 0 Å². The maximum atomic E-state index is 5.73. The number of nitrogens with zero attached hydrogens (tertiary/aromatic N) is 2. The zero-order valence-electron chi connectivity index (χ0n) is 17.3. The van der Waals surface area contributed by atoms with Crippen LogP contribution in [0.15, 0.2) is 22.5 Å². The molecule has 2 aliphatic rings. The summed E-state index contributed by atoms with van der Waals surface area (Å²) in [7, 11) is 3.62. The van der Waals surface area contributed by atoms with E-state index in [-0.39, 0.29) is 29.4 Å².